The zero-order valence-corrected chi connectivity index (χ0v) is 14.5. The van der Waals surface area contributed by atoms with Crippen LogP contribution in [0.25, 0.3) is 0 Å². The monoisotopic (exact) mass is 301 g/mol. The van der Waals surface area contributed by atoms with E-state index in [1.165, 1.54) is 0 Å². The molecular weight excluding hydrogens is 274 g/mol. The van der Waals surface area contributed by atoms with E-state index in [0.717, 1.165) is 0 Å². The number of amides is 1. The fraction of sp³-hybridized carbons (Fsp3) is 0.857. The Morgan fingerprint density at radius 1 is 1.35 bits per heavy atom. The summed E-state index contributed by atoms with van der Waals surface area (Å²) in [7, 11) is -1.96. The molecule has 0 aromatic heterocycles. The van der Waals surface area contributed by atoms with Gasteiger partial charge in [0.15, 0.2) is 8.32 Å². The molecule has 1 heterocycles. The van der Waals surface area contributed by atoms with Crippen LogP contribution in [0.4, 0.5) is 0 Å². The summed E-state index contributed by atoms with van der Waals surface area (Å²) in [6.45, 7) is 14.2. The van der Waals surface area contributed by atoms with Crippen molar-refractivity contribution in [2.75, 3.05) is 0 Å². The molecule has 1 rings (SSSR count). The predicted octanol–water partition coefficient (Wildman–Crippen LogP) is 2.23. The van der Waals surface area contributed by atoms with Crippen LogP contribution in [0.15, 0.2) is 0 Å². The molecule has 0 spiro atoms. The molecule has 0 aliphatic carbocycles. The molecular formula is C14H27NO4Si. The lowest BCUT2D eigenvalue weighted by atomic mass is 9.79. The lowest BCUT2D eigenvalue weighted by molar-refractivity contribution is -0.151. The summed E-state index contributed by atoms with van der Waals surface area (Å²) in [5, 5.41) is 11.8. The Labute approximate surface area is 122 Å². The molecule has 1 aliphatic heterocycles. The van der Waals surface area contributed by atoms with Crippen molar-refractivity contribution in [3.8, 4) is 0 Å². The zero-order chi connectivity index (χ0) is 15.9. The molecule has 0 radical (unpaired) electrons. The third-order valence-corrected chi connectivity index (χ3v) is 9.29. The van der Waals surface area contributed by atoms with E-state index in [1.54, 1.807) is 6.92 Å². The molecule has 116 valence electrons. The third kappa shape index (κ3) is 3.23. The van der Waals surface area contributed by atoms with E-state index in [1.807, 2.05) is 6.92 Å². The van der Waals surface area contributed by atoms with E-state index in [9.17, 15) is 9.59 Å². The van der Waals surface area contributed by atoms with E-state index in [-0.39, 0.29) is 29.0 Å². The van der Waals surface area contributed by atoms with Gasteiger partial charge in [-0.1, -0.05) is 20.8 Å². The molecule has 4 atom stereocenters. The molecule has 0 unspecified atom stereocenters. The fourth-order valence-electron chi connectivity index (χ4n) is 2.23. The molecule has 1 saturated heterocycles. The minimum absolute atomic E-state index is 0.0649. The second kappa shape index (κ2) is 5.48. The average molecular weight is 301 g/mol. The maximum absolute atomic E-state index is 11.8. The molecule has 0 aromatic carbocycles. The Morgan fingerprint density at radius 3 is 2.20 bits per heavy atom. The molecule has 6 heteroatoms. The van der Waals surface area contributed by atoms with Crippen molar-refractivity contribution < 1.29 is 19.1 Å². The Kier molecular flexibility index (Phi) is 4.71. The van der Waals surface area contributed by atoms with Crippen LogP contribution in [0.2, 0.25) is 18.1 Å². The van der Waals surface area contributed by atoms with Gasteiger partial charge in [-0.25, -0.2) is 0 Å². The first kappa shape index (κ1) is 17.2. The summed E-state index contributed by atoms with van der Waals surface area (Å²) in [4.78, 5) is 22.8. The van der Waals surface area contributed by atoms with Gasteiger partial charge >= 0.3 is 5.97 Å². The van der Waals surface area contributed by atoms with E-state index in [4.69, 9.17) is 9.53 Å². The Hall–Kier alpha value is -0.883. The van der Waals surface area contributed by atoms with E-state index >= 15 is 0 Å². The Morgan fingerprint density at radius 2 is 1.85 bits per heavy atom. The summed E-state index contributed by atoms with van der Waals surface area (Å²) in [5.41, 5.74) is 0. The summed E-state index contributed by atoms with van der Waals surface area (Å²) < 4.78 is 6.22. The van der Waals surface area contributed by atoms with Crippen molar-refractivity contribution >= 4 is 20.2 Å². The average Bonchev–Trinajstić information content (AvgIpc) is 2.21. The lowest BCUT2D eigenvalue weighted by Gasteiger charge is -2.46. The first-order valence-corrected chi connectivity index (χ1v) is 10.0. The molecule has 20 heavy (non-hydrogen) atoms. The normalized spacial score (nSPS) is 26.4. The van der Waals surface area contributed by atoms with Crippen molar-refractivity contribution in [1.29, 1.82) is 0 Å². The summed E-state index contributed by atoms with van der Waals surface area (Å²) in [6, 6.07) is -0.334. The SMILES string of the molecule is C[C@H](O[Si](C)(C)C(C)(C)C)[C@H]1C(=O)N[C@@H]1[C@H](C)C(=O)O. The van der Waals surface area contributed by atoms with Crippen molar-refractivity contribution in [2.24, 2.45) is 11.8 Å². The van der Waals surface area contributed by atoms with Gasteiger partial charge in [0, 0.05) is 0 Å². The second-order valence-electron chi connectivity index (χ2n) is 7.27. The van der Waals surface area contributed by atoms with Gasteiger partial charge < -0.3 is 14.8 Å². The van der Waals surface area contributed by atoms with Gasteiger partial charge in [0.1, 0.15) is 0 Å². The van der Waals surface area contributed by atoms with Crippen LogP contribution >= 0.6 is 0 Å². The number of carbonyl (C=O) groups is 2. The van der Waals surface area contributed by atoms with Gasteiger partial charge in [-0.15, -0.1) is 0 Å². The Bertz CT molecular complexity index is 402. The number of carboxylic acid groups (broad SMARTS) is 1. The molecule has 1 aliphatic rings. The lowest BCUT2D eigenvalue weighted by Crippen LogP contribution is -2.66. The van der Waals surface area contributed by atoms with Gasteiger partial charge in [0.25, 0.3) is 0 Å². The highest BCUT2D eigenvalue weighted by Crippen LogP contribution is 2.39. The maximum atomic E-state index is 11.8. The molecule has 1 amide bonds. The van der Waals surface area contributed by atoms with Gasteiger partial charge in [-0.2, -0.15) is 0 Å². The van der Waals surface area contributed by atoms with Gasteiger partial charge in [-0.3, -0.25) is 9.59 Å². The summed E-state index contributed by atoms with van der Waals surface area (Å²) in [6.07, 6.45) is -0.253. The highest BCUT2D eigenvalue weighted by atomic mass is 28.4. The molecule has 0 aromatic rings. The maximum Gasteiger partial charge on any atom is 0.308 e. The minimum atomic E-state index is -1.96. The number of nitrogens with one attached hydrogen (secondary N) is 1. The molecule has 0 saturated carbocycles. The van der Waals surface area contributed by atoms with Crippen LogP contribution in [0, 0.1) is 11.8 Å². The van der Waals surface area contributed by atoms with Crippen LogP contribution in [0.5, 0.6) is 0 Å². The van der Waals surface area contributed by atoms with E-state index < -0.39 is 20.2 Å². The van der Waals surface area contributed by atoms with Gasteiger partial charge in [0.05, 0.1) is 24.0 Å². The quantitative estimate of drug-likeness (QED) is 0.603. The third-order valence-electron chi connectivity index (χ3n) is 4.72. The topological polar surface area (TPSA) is 75.6 Å². The summed E-state index contributed by atoms with van der Waals surface area (Å²) >= 11 is 0. The fourth-order valence-corrected chi connectivity index (χ4v) is 3.66. The van der Waals surface area contributed by atoms with Gasteiger partial charge in [0.2, 0.25) is 5.91 Å². The Balaban J connectivity index is 2.78. The summed E-state index contributed by atoms with van der Waals surface area (Å²) in [5.74, 6) is -1.95. The largest absolute Gasteiger partial charge is 0.481 e. The number of hydrogen-bond acceptors (Lipinski definition) is 3. The molecule has 5 nitrogen and oxygen atoms in total. The van der Waals surface area contributed by atoms with Crippen LogP contribution in [0.3, 0.4) is 0 Å². The molecule has 1 fully saturated rings. The van der Waals surface area contributed by atoms with Crippen LogP contribution in [-0.2, 0) is 14.0 Å². The first-order chi connectivity index (χ1) is 8.88. The zero-order valence-electron chi connectivity index (χ0n) is 13.5. The highest BCUT2D eigenvalue weighted by molar-refractivity contribution is 6.74. The first-order valence-electron chi connectivity index (χ1n) is 7.09. The van der Waals surface area contributed by atoms with Crippen molar-refractivity contribution in [3.05, 3.63) is 0 Å². The smallest absolute Gasteiger partial charge is 0.308 e. The minimum Gasteiger partial charge on any atom is -0.481 e. The van der Waals surface area contributed by atoms with Crippen LogP contribution in [-0.4, -0.2) is 37.4 Å². The highest BCUT2D eigenvalue weighted by Gasteiger charge is 2.50. The number of carboxylic acids is 1. The number of hydrogen-bond donors (Lipinski definition) is 2. The standard InChI is InChI=1S/C14H27NO4Si/c1-8(13(17)18)11-10(12(16)15-11)9(2)19-20(6,7)14(3,4)5/h8-11H,1-7H3,(H,15,16)(H,17,18)/t8-,9-,10+,11+/m0/s1. The van der Waals surface area contributed by atoms with E-state index in [2.05, 4.69) is 39.2 Å². The number of β-lactam (4-membered cyclic amide) rings is 1. The molecule has 0 bridgehead atoms. The number of carbonyl (C=O) groups excluding carboxylic acids is 1. The van der Waals surface area contributed by atoms with Gasteiger partial charge in [-0.05, 0) is 32.0 Å². The second-order valence-corrected chi connectivity index (χ2v) is 12.0. The van der Waals surface area contributed by atoms with E-state index in [0.29, 0.717) is 0 Å². The van der Waals surface area contributed by atoms with Crippen molar-refractivity contribution in [3.63, 3.8) is 0 Å². The number of aliphatic carboxylic acids is 1. The van der Waals surface area contributed by atoms with Crippen LogP contribution < -0.4 is 5.32 Å². The number of rotatable bonds is 5. The molecule has 2 N–H and O–H groups in total. The van der Waals surface area contributed by atoms with Crippen LogP contribution in [0.1, 0.15) is 34.6 Å². The van der Waals surface area contributed by atoms with Crippen molar-refractivity contribution in [2.45, 2.75) is 64.9 Å². The predicted molar refractivity (Wildman–Crippen MR) is 80.0 cm³/mol. The van der Waals surface area contributed by atoms with Crippen molar-refractivity contribution in [1.82, 2.24) is 5.32 Å².